The van der Waals surface area contributed by atoms with Gasteiger partial charge in [0.1, 0.15) is 0 Å². The minimum atomic E-state index is -0.540. The number of aliphatic hydroxyl groups is 1. The normalized spacial score (nSPS) is 30.2. The van der Waals surface area contributed by atoms with Crippen molar-refractivity contribution in [1.29, 1.82) is 0 Å². The summed E-state index contributed by atoms with van der Waals surface area (Å²) in [5, 5.41) is 15.3. The predicted octanol–water partition coefficient (Wildman–Crippen LogP) is 5.08. The third-order valence-corrected chi connectivity index (χ3v) is 8.95. The molecule has 0 saturated heterocycles. The van der Waals surface area contributed by atoms with Crippen LogP contribution in [-0.4, -0.2) is 46.0 Å². The van der Waals surface area contributed by atoms with Crippen molar-refractivity contribution in [3.05, 3.63) is 10.6 Å². The van der Waals surface area contributed by atoms with Gasteiger partial charge in [0, 0.05) is 36.2 Å². The summed E-state index contributed by atoms with van der Waals surface area (Å²) in [6.45, 7) is 18.0. The van der Waals surface area contributed by atoms with Gasteiger partial charge in [0.05, 0.1) is 11.8 Å². The van der Waals surface area contributed by atoms with E-state index in [0.717, 1.165) is 25.0 Å². The van der Waals surface area contributed by atoms with E-state index in [0.29, 0.717) is 24.6 Å². The lowest BCUT2D eigenvalue weighted by Crippen LogP contribution is -2.53. The Morgan fingerprint density at radius 1 is 1.30 bits per heavy atom. The van der Waals surface area contributed by atoms with Crippen LogP contribution in [0.2, 0.25) is 0 Å². The molecule has 2 N–H and O–H groups in total. The molecule has 0 bridgehead atoms. The van der Waals surface area contributed by atoms with E-state index < -0.39 is 6.10 Å². The monoisotopic (exact) mass is 477 g/mol. The number of nitrogens with zero attached hydrogens (tertiary/aromatic N) is 2. The number of hydrogen-bond acceptors (Lipinski definition) is 5. The van der Waals surface area contributed by atoms with Crippen molar-refractivity contribution in [2.24, 2.45) is 28.6 Å². The van der Waals surface area contributed by atoms with Gasteiger partial charge in [-0.2, -0.15) is 0 Å². The van der Waals surface area contributed by atoms with Crippen molar-refractivity contribution in [2.45, 2.75) is 93.1 Å². The molecule has 7 heteroatoms. The zero-order chi connectivity index (χ0) is 24.7. The molecule has 6 unspecified atom stereocenters. The Morgan fingerprint density at radius 3 is 2.52 bits per heavy atom. The molecule has 186 valence electrons. The van der Waals surface area contributed by atoms with Gasteiger partial charge in [-0.05, 0) is 55.8 Å². The van der Waals surface area contributed by atoms with Crippen molar-refractivity contribution in [1.82, 2.24) is 9.88 Å². The van der Waals surface area contributed by atoms with Crippen molar-refractivity contribution in [2.75, 3.05) is 18.4 Å². The first-order chi connectivity index (χ1) is 15.3. The van der Waals surface area contributed by atoms with E-state index in [4.69, 9.17) is 4.98 Å². The molecule has 2 amide bonds. The molecule has 0 radical (unpaired) electrons. The summed E-state index contributed by atoms with van der Waals surface area (Å²) in [5.41, 5.74) is 0.908. The second kappa shape index (κ2) is 9.65. The molecule has 0 aromatic carbocycles. The van der Waals surface area contributed by atoms with Crippen LogP contribution in [0, 0.1) is 28.6 Å². The maximum absolute atomic E-state index is 13.0. The zero-order valence-corrected chi connectivity index (χ0v) is 22.5. The number of rotatable bonds is 6. The van der Waals surface area contributed by atoms with Gasteiger partial charge in [-0.3, -0.25) is 9.59 Å². The van der Waals surface area contributed by atoms with Gasteiger partial charge in [0.15, 0.2) is 5.13 Å². The van der Waals surface area contributed by atoms with Crippen LogP contribution in [0.1, 0.15) is 91.1 Å². The molecule has 6 atom stereocenters. The Balaban J connectivity index is 1.81. The molecule has 1 aromatic heterocycles. The van der Waals surface area contributed by atoms with E-state index in [1.54, 1.807) is 11.3 Å². The minimum Gasteiger partial charge on any atom is -0.392 e. The third-order valence-electron chi connectivity index (χ3n) is 7.97. The molecule has 0 aliphatic heterocycles. The van der Waals surface area contributed by atoms with E-state index in [1.807, 2.05) is 25.7 Å². The molecular formula is C26H43N3O3S. The Labute approximate surface area is 203 Å². The number of aromatic nitrogens is 1. The largest absolute Gasteiger partial charge is 0.392 e. The Kier molecular flexibility index (Phi) is 7.64. The van der Waals surface area contributed by atoms with Crippen LogP contribution >= 0.6 is 11.3 Å². The van der Waals surface area contributed by atoms with Crippen molar-refractivity contribution in [3.8, 4) is 0 Å². The Hall–Kier alpha value is -1.47. The smallest absolute Gasteiger partial charge is 0.226 e. The van der Waals surface area contributed by atoms with Crippen molar-refractivity contribution in [3.63, 3.8) is 0 Å². The number of carbonyl (C=O) groups is 2. The first-order valence-corrected chi connectivity index (χ1v) is 13.4. The number of thiazole rings is 1. The SMILES string of the molecule is CCN(CC)C(=O)C(C)C1CCC2(C)Cc3sc(NC(=O)CC(C)(C)C)nc3C(C)C2C1O. The highest BCUT2D eigenvalue weighted by Crippen LogP contribution is 2.57. The lowest BCUT2D eigenvalue weighted by molar-refractivity contribution is -0.144. The highest BCUT2D eigenvalue weighted by Gasteiger charge is 2.54. The molecule has 0 spiro atoms. The number of hydrogen-bond donors (Lipinski definition) is 2. The molecule has 1 aromatic rings. The van der Waals surface area contributed by atoms with Gasteiger partial charge in [-0.1, -0.05) is 41.5 Å². The fourth-order valence-electron chi connectivity index (χ4n) is 6.25. The first-order valence-electron chi connectivity index (χ1n) is 12.6. The summed E-state index contributed by atoms with van der Waals surface area (Å²) < 4.78 is 0. The van der Waals surface area contributed by atoms with E-state index in [1.165, 1.54) is 4.88 Å². The highest BCUT2D eigenvalue weighted by atomic mass is 32.1. The van der Waals surface area contributed by atoms with Crippen LogP contribution in [-0.2, 0) is 16.0 Å². The number of amides is 2. The maximum Gasteiger partial charge on any atom is 0.226 e. The summed E-state index contributed by atoms with van der Waals surface area (Å²) in [6, 6.07) is 0. The van der Waals surface area contributed by atoms with Gasteiger partial charge in [-0.25, -0.2) is 4.98 Å². The minimum absolute atomic E-state index is 0.00582. The van der Waals surface area contributed by atoms with Gasteiger partial charge in [0.25, 0.3) is 0 Å². The molecule has 3 rings (SSSR count). The van der Waals surface area contributed by atoms with E-state index in [9.17, 15) is 14.7 Å². The second-order valence-electron chi connectivity index (χ2n) is 11.8. The standard InChI is InChI=1S/C26H43N3O3S/c1-9-29(10-2)23(32)15(3)17-11-12-26(8)13-18-21(16(4)20(26)22(17)31)28-24(33-18)27-19(30)14-25(5,6)7/h15-17,20,22,31H,9-14H2,1-8H3,(H,27,28,30). The van der Waals surface area contributed by atoms with Crippen LogP contribution in [0.5, 0.6) is 0 Å². The van der Waals surface area contributed by atoms with Crippen LogP contribution in [0.25, 0.3) is 0 Å². The fourth-order valence-corrected chi connectivity index (χ4v) is 7.53. The fraction of sp³-hybridized carbons (Fsp3) is 0.808. The average molecular weight is 478 g/mol. The van der Waals surface area contributed by atoms with Crippen LogP contribution in [0.4, 0.5) is 5.13 Å². The average Bonchev–Trinajstić information content (AvgIpc) is 3.08. The highest BCUT2D eigenvalue weighted by molar-refractivity contribution is 7.15. The number of anilines is 1. The van der Waals surface area contributed by atoms with Crippen LogP contribution in [0.15, 0.2) is 0 Å². The summed E-state index contributed by atoms with van der Waals surface area (Å²) in [6.07, 6.45) is 2.63. The number of carbonyl (C=O) groups excluding carboxylic acids is 2. The van der Waals surface area contributed by atoms with Crippen molar-refractivity contribution >= 4 is 28.3 Å². The van der Waals surface area contributed by atoms with Crippen LogP contribution in [0.3, 0.4) is 0 Å². The number of nitrogens with one attached hydrogen (secondary N) is 1. The Bertz CT molecular complexity index is 873. The van der Waals surface area contributed by atoms with Gasteiger partial charge in [-0.15, -0.1) is 11.3 Å². The van der Waals surface area contributed by atoms with Gasteiger partial charge < -0.3 is 15.3 Å². The third kappa shape index (κ3) is 5.29. The summed E-state index contributed by atoms with van der Waals surface area (Å²) in [5.74, 6) is 0.0428. The first kappa shape index (κ1) is 26.1. The molecule has 33 heavy (non-hydrogen) atoms. The van der Waals surface area contributed by atoms with Crippen molar-refractivity contribution < 1.29 is 14.7 Å². The number of aliphatic hydroxyl groups excluding tert-OH is 1. The van der Waals surface area contributed by atoms with Gasteiger partial charge >= 0.3 is 0 Å². The summed E-state index contributed by atoms with van der Waals surface area (Å²) in [4.78, 5) is 33.4. The van der Waals surface area contributed by atoms with E-state index >= 15 is 0 Å². The lowest BCUT2D eigenvalue weighted by Gasteiger charge is -2.53. The molecule has 1 heterocycles. The van der Waals surface area contributed by atoms with Gasteiger partial charge in [0.2, 0.25) is 11.8 Å². The number of fused-ring (bicyclic) bond motifs is 2. The molecular weight excluding hydrogens is 434 g/mol. The molecule has 2 aliphatic rings. The second-order valence-corrected chi connectivity index (χ2v) is 12.8. The van der Waals surface area contributed by atoms with E-state index in [2.05, 4.69) is 39.9 Å². The predicted molar refractivity (Wildman–Crippen MR) is 134 cm³/mol. The quantitative estimate of drug-likeness (QED) is 0.599. The lowest BCUT2D eigenvalue weighted by atomic mass is 9.53. The summed E-state index contributed by atoms with van der Waals surface area (Å²) >= 11 is 1.59. The molecule has 2 aliphatic carbocycles. The van der Waals surface area contributed by atoms with E-state index in [-0.39, 0.29) is 46.3 Å². The molecule has 1 fully saturated rings. The maximum atomic E-state index is 13.0. The summed E-state index contributed by atoms with van der Waals surface area (Å²) in [7, 11) is 0. The molecule has 6 nitrogen and oxygen atoms in total. The topological polar surface area (TPSA) is 82.5 Å². The molecule has 1 saturated carbocycles. The van der Waals surface area contributed by atoms with Crippen LogP contribution < -0.4 is 5.32 Å². The zero-order valence-electron chi connectivity index (χ0n) is 21.7. The Morgan fingerprint density at radius 2 is 1.94 bits per heavy atom.